The number of alkyl carbamates (subject to hydrolysis) is 1. The number of carbonyl (C=O) groups is 2. The first kappa shape index (κ1) is 28.4. The number of halogens is 1. The molecule has 0 unspecified atom stereocenters. The molecule has 0 aromatic heterocycles. The molecule has 1 aromatic carbocycles. The number of carbonyl (C=O) groups excluding carboxylic acids is 2. The van der Waals surface area contributed by atoms with Crippen LogP contribution in [-0.2, 0) is 19.4 Å². The highest BCUT2D eigenvalue weighted by atomic mass is 32.2. The molecule has 0 saturated heterocycles. The predicted molar refractivity (Wildman–Crippen MR) is 141 cm³/mol. The zero-order chi connectivity index (χ0) is 27.6. The summed E-state index contributed by atoms with van der Waals surface area (Å²) in [4.78, 5) is 24.9. The Balaban J connectivity index is 1.29. The second-order valence-corrected chi connectivity index (χ2v) is 14.2. The Labute approximate surface area is 224 Å². The smallest absolute Gasteiger partial charge is 0.407 e. The lowest BCUT2D eigenvalue weighted by atomic mass is 9.81. The molecule has 8 nitrogen and oxygen atoms in total. The van der Waals surface area contributed by atoms with Gasteiger partial charge in [-0.2, -0.15) is 0 Å². The molecule has 0 heterocycles. The van der Waals surface area contributed by atoms with Crippen LogP contribution in [0, 0.1) is 10.8 Å². The Morgan fingerprint density at radius 2 is 1.76 bits per heavy atom. The monoisotopic (exact) mass is 550 g/mol. The summed E-state index contributed by atoms with van der Waals surface area (Å²) < 4.78 is 50.6. The lowest BCUT2D eigenvalue weighted by molar-refractivity contribution is -0.131. The van der Waals surface area contributed by atoms with Crippen molar-refractivity contribution in [1.82, 2.24) is 10.6 Å². The van der Waals surface area contributed by atoms with E-state index in [1.165, 1.54) is 12.1 Å². The van der Waals surface area contributed by atoms with Crippen molar-refractivity contribution >= 4 is 21.8 Å². The van der Waals surface area contributed by atoms with Gasteiger partial charge in [-0.15, -0.1) is 0 Å². The number of benzene rings is 1. The van der Waals surface area contributed by atoms with E-state index in [-0.39, 0.29) is 46.7 Å². The van der Waals surface area contributed by atoms with E-state index in [2.05, 4.69) is 10.6 Å². The van der Waals surface area contributed by atoms with Gasteiger partial charge in [0.1, 0.15) is 18.0 Å². The molecule has 0 aliphatic heterocycles. The van der Waals surface area contributed by atoms with E-state index in [1.807, 2.05) is 0 Å². The van der Waals surface area contributed by atoms with Crippen LogP contribution < -0.4 is 15.4 Å². The SMILES string of the molecule is CC(C)(C)OC(=O)NC/C(=C\F)COc1ccc(S(=O)(=O)CC23CCC(C(=O)NC4CCC4)(CC2)C3)cc1. The average molecular weight is 551 g/mol. The summed E-state index contributed by atoms with van der Waals surface area (Å²) in [6.45, 7) is 4.99. The number of fused-ring (bicyclic) bond motifs is 2. The number of hydrogen-bond acceptors (Lipinski definition) is 6. The number of nitrogens with one attached hydrogen (secondary N) is 2. The summed E-state index contributed by atoms with van der Waals surface area (Å²) in [7, 11) is -3.56. The molecule has 1 aromatic rings. The molecule has 3 aliphatic carbocycles. The molecule has 3 aliphatic rings. The van der Waals surface area contributed by atoms with Gasteiger partial charge in [0.2, 0.25) is 5.91 Å². The third kappa shape index (κ3) is 6.68. The minimum Gasteiger partial charge on any atom is -0.489 e. The van der Waals surface area contributed by atoms with Crippen molar-refractivity contribution in [3.8, 4) is 5.75 Å². The van der Waals surface area contributed by atoms with Gasteiger partial charge in [-0.3, -0.25) is 4.79 Å². The first-order chi connectivity index (χ1) is 17.8. The Morgan fingerprint density at radius 3 is 2.32 bits per heavy atom. The van der Waals surface area contributed by atoms with Crippen molar-refractivity contribution in [2.24, 2.45) is 10.8 Å². The zero-order valence-electron chi connectivity index (χ0n) is 22.5. The molecule has 3 fully saturated rings. The van der Waals surface area contributed by atoms with E-state index in [0.29, 0.717) is 18.5 Å². The molecule has 2 amide bonds. The maximum atomic E-state index is 13.3. The van der Waals surface area contributed by atoms with Gasteiger partial charge in [0.15, 0.2) is 9.84 Å². The van der Waals surface area contributed by atoms with Crippen molar-refractivity contribution in [1.29, 1.82) is 0 Å². The third-order valence-corrected chi connectivity index (χ3v) is 10.0. The summed E-state index contributed by atoms with van der Waals surface area (Å²) in [6.07, 6.45) is 6.57. The van der Waals surface area contributed by atoms with Crippen molar-refractivity contribution in [3.63, 3.8) is 0 Å². The Morgan fingerprint density at radius 1 is 1.11 bits per heavy atom. The van der Waals surface area contributed by atoms with Crippen LogP contribution in [0.15, 0.2) is 41.1 Å². The Kier molecular flexibility index (Phi) is 8.12. The topological polar surface area (TPSA) is 111 Å². The van der Waals surface area contributed by atoms with Crippen LogP contribution in [0.2, 0.25) is 0 Å². The van der Waals surface area contributed by atoms with E-state index in [0.717, 1.165) is 44.9 Å². The molecule has 0 radical (unpaired) electrons. The van der Waals surface area contributed by atoms with Crippen molar-refractivity contribution in [2.75, 3.05) is 18.9 Å². The fourth-order valence-electron chi connectivity index (χ4n) is 5.75. The molecule has 0 atom stereocenters. The minimum absolute atomic E-state index is 0.0315. The second kappa shape index (κ2) is 10.9. The number of rotatable bonds is 10. The number of ether oxygens (including phenoxy) is 2. The molecule has 210 valence electrons. The third-order valence-electron chi connectivity index (χ3n) is 8.02. The van der Waals surface area contributed by atoms with E-state index in [9.17, 15) is 22.4 Å². The van der Waals surface area contributed by atoms with Gasteiger partial charge in [-0.1, -0.05) is 0 Å². The fourth-order valence-corrected chi connectivity index (χ4v) is 7.67. The summed E-state index contributed by atoms with van der Waals surface area (Å²) in [5, 5.41) is 5.66. The van der Waals surface area contributed by atoms with Crippen molar-refractivity contribution in [3.05, 3.63) is 36.2 Å². The maximum Gasteiger partial charge on any atom is 0.407 e. The predicted octanol–water partition coefficient (Wildman–Crippen LogP) is 4.84. The molecule has 0 spiro atoms. The Bertz CT molecular complexity index is 1160. The lowest BCUT2D eigenvalue weighted by Gasteiger charge is -2.32. The normalized spacial score (nSPS) is 25.5. The molecular formula is C28H39FN2O6S. The summed E-state index contributed by atoms with van der Waals surface area (Å²) in [5.74, 6) is 0.527. The van der Waals surface area contributed by atoms with Crippen molar-refractivity contribution in [2.45, 2.75) is 88.7 Å². The standard InChI is InChI=1S/C28H39FN2O6S/c1-26(2,3)37-25(33)30-16-20(15-29)17-36-22-7-9-23(10-8-22)38(34,35)19-27-11-13-28(18-27,14-12-27)24(32)31-21-5-4-6-21/h7-10,15,21H,4-6,11-14,16-19H2,1-3H3,(H,30,33)(H,31,32)/b20-15+. The van der Waals surface area contributed by atoms with Crippen LogP contribution in [0.4, 0.5) is 9.18 Å². The highest BCUT2D eigenvalue weighted by Crippen LogP contribution is 2.62. The maximum absolute atomic E-state index is 13.3. The number of amides is 2. The highest BCUT2D eigenvalue weighted by molar-refractivity contribution is 7.91. The molecule has 10 heteroatoms. The first-order valence-electron chi connectivity index (χ1n) is 13.4. The molecule has 4 rings (SSSR count). The molecular weight excluding hydrogens is 511 g/mol. The quantitative estimate of drug-likeness (QED) is 0.432. The van der Waals surface area contributed by atoms with E-state index >= 15 is 0 Å². The van der Waals surface area contributed by atoms with Crippen LogP contribution in [-0.4, -0.2) is 51.0 Å². The average Bonchev–Trinajstić information content (AvgIpc) is 3.37. The number of sulfone groups is 1. The largest absolute Gasteiger partial charge is 0.489 e. The van der Waals surface area contributed by atoms with Crippen molar-refractivity contribution < 1.29 is 31.9 Å². The first-order valence-corrected chi connectivity index (χ1v) is 15.0. The minimum atomic E-state index is -3.56. The van der Waals surface area contributed by atoms with Gasteiger partial charge < -0.3 is 20.1 Å². The van der Waals surface area contributed by atoms with Gasteiger partial charge in [0.25, 0.3) is 0 Å². The van der Waals surface area contributed by atoms with Crippen LogP contribution in [0.25, 0.3) is 0 Å². The van der Waals surface area contributed by atoms with Gasteiger partial charge >= 0.3 is 6.09 Å². The molecule has 3 saturated carbocycles. The lowest BCUT2D eigenvalue weighted by Crippen LogP contribution is -2.46. The molecule has 2 N–H and O–H groups in total. The highest BCUT2D eigenvalue weighted by Gasteiger charge is 2.59. The van der Waals surface area contributed by atoms with Gasteiger partial charge in [-0.05, 0) is 102 Å². The van der Waals surface area contributed by atoms with E-state index in [1.54, 1.807) is 32.9 Å². The molecule has 2 bridgehead atoms. The summed E-state index contributed by atoms with van der Waals surface area (Å²) in [6, 6.07) is 6.37. The van der Waals surface area contributed by atoms with Gasteiger partial charge in [0.05, 0.1) is 17.0 Å². The number of hydrogen-bond donors (Lipinski definition) is 2. The van der Waals surface area contributed by atoms with Gasteiger partial charge in [-0.25, -0.2) is 17.6 Å². The van der Waals surface area contributed by atoms with Gasteiger partial charge in [0, 0.05) is 23.6 Å². The van der Waals surface area contributed by atoms with Crippen LogP contribution in [0.5, 0.6) is 5.75 Å². The van der Waals surface area contributed by atoms with E-state index in [4.69, 9.17) is 9.47 Å². The molecule has 38 heavy (non-hydrogen) atoms. The second-order valence-electron chi connectivity index (χ2n) is 12.2. The zero-order valence-corrected chi connectivity index (χ0v) is 23.3. The van der Waals surface area contributed by atoms with Crippen LogP contribution in [0.1, 0.15) is 72.1 Å². The Hall–Kier alpha value is -2.62. The van der Waals surface area contributed by atoms with E-state index < -0.39 is 26.9 Å². The van der Waals surface area contributed by atoms with Crippen LogP contribution in [0.3, 0.4) is 0 Å². The summed E-state index contributed by atoms with van der Waals surface area (Å²) >= 11 is 0. The van der Waals surface area contributed by atoms with Crippen LogP contribution >= 0.6 is 0 Å². The summed E-state index contributed by atoms with van der Waals surface area (Å²) in [5.41, 5.74) is -1.24. The fraction of sp³-hybridized carbons (Fsp3) is 0.643.